The van der Waals surface area contributed by atoms with Gasteiger partial charge in [0.2, 0.25) is 0 Å². The summed E-state index contributed by atoms with van der Waals surface area (Å²) >= 11 is 3.70. The van der Waals surface area contributed by atoms with Crippen LogP contribution in [0.2, 0.25) is 0 Å². The second kappa shape index (κ2) is 8.20. The molecule has 0 fully saturated rings. The summed E-state index contributed by atoms with van der Waals surface area (Å²) < 4.78 is 34.1. The van der Waals surface area contributed by atoms with E-state index >= 15 is 0 Å². The van der Waals surface area contributed by atoms with Gasteiger partial charge in [0, 0.05) is 10.4 Å². The van der Waals surface area contributed by atoms with Crippen LogP contribution in [-0.2, 0) is 27.8 Å². The molecule has 51 valence electrons. The van der Waals surface area contributed by atoms with Gasteiger partial charge in [0.15, 0.2) is 0 Å². The molecule has 0 aliphatic rings. The van der Waals surface area contributed by atoms with Crippen LogP contribution in [0.25, 0.3) is 5.41 Å². The standard InChI is InChI=1S/CNS.Cr.H2O4S/c2-1-3;;1-5(2,3)4/h;;(H2,1,2,3,4)/q-1;+3;/p-2. The van der Waals surface area contributed by atoms with Crippen LogP contribution < -0.4 is 0 Å². The Morgan fingerprint density at radius 1 is 1.44 bits per heavy atom. The van der Waals surface area contributed by atoms with E-state index in [0.29, 0.717) is 0 Å². The SMILES string of the molecule is O=S(=O)([O-])[O-].[Cr+3].[N-]=C=S. The third-order valence-electron chi connectivity index (χ3n) is 0. The molecule has 0 aromatic carbocycles. The quantitative estimate of drug-likeness (QED) is 0.226. The molecule has 0 heterocycles. The number of hydrogen-bond acceptors (Lipinski definition) is 5. The fourth-order valence-corrected chi connectivity index (χ4v) is 0. The molecule has 0 saturated heterocycles. The Morgan fingerprint density at radius 3 is 1.44 bits per heavy atom. The minimum Gasteiger partial charge on any atom is -0.759 e. The predicted octanol–water partition coefficient (Wildman–Crippen LogP) is -0.682. The molecule has 0 aromatic heterocycles. The molecule has 0 atom stereocenters. The number of hydrogen-bond donors (Lipinski definition) is 0. The van der Waals surface area contributed by atoms with Crippen LogP contribution in [0.3, 0.4) is 0 Å². The first-order chi connectivity index (χ1) is 3.41. The first-order valence-electron chi connectivity index (χ1n) is 1.09. The van der Waals surface area contributed by atoms with Crippen LogP contribution in [-0.4, -0.2) is 22.7 Å². The Labute approximate surface area is 68.3 Å². The van der Waals surface area contributed by atoms with Gasteiger partial charge < -0.3 is 14.5 Å². The van der Waals surface area contributed by atoms with Crippen molar-refractivity contribution in [3.63, 3.8) is 0 Å². The summed E-state index contributed by atoms with van der Waals surface area (Å²) in [5.41, 5.74) is 0. The third-order valence-corrected chi connectivity index (χ3v) is 0. The van der Waals surface area contributed by atoms with Gasteiger partial charge in [-0.15, -0.1) is 0 Å². The Bertz CT molecular complexity index is 159. The van der Waals surface area contributed by atoms with E-state index in [1.54, 1.807) is 0 Å². The van der Waals surface area contributed by atoms with E-state index in [2.05, 4.69) is 12.2 Å². The van der Waals surface area contributed by atoms with Crippen LogP contribution in [0.5, 0.6) is 0 Å². The van der Waals surface area contributed by atoms with Crippen LogP contribution >= 0.6 is 12.2 Å². The average molecular weight is 206 g/mol. The fraction of sp³-hybridized carbons (Fsp3) is 0. The average Bonchev–Trinajstić information content (AvgIpc) is 1.27. The molecule has 0 N–H and O–H groups in total. The van der Waals surface area contributed by atoms with E-state index in [1.807, 2.05) is 0 Å². The third kappa shape index (κ3) is 7700. The molecule has 5 nitrogen and oxygen atoms in total. The summed E-state index contributed by atoms with van der Waals surface area (Å²) in [5, 5.41) is 8.47. The van der Waals surface area contributed by atoms with Gasteiger partial charge in [0.1, 0.15) is 0 Å². The van der Waals surface area contributed by atoms with Crippen molar-refractivity contribution in [1.82, 2.24) is 0 Å². The Balaban J connectivity index is -0.0000000800. The monoisotopic (exact) mass is 206 g/mol. The topological polar surface area (TPSA) is 103 Å². The minimum atomic E-state index is -5.17. The maximum atomic E-state index is 8.52. The van der Waals surface area contributed by atoms with Crippen molar-refractivity contribution in [1.29, 1.82) is 0 Å². The van der Waals surface area contributed by atoms with Crippen molar-refractivity contribution in [2.75, 3.05) is 0 Å². The molecule has 0 bridgehead atoms. The van der Waals surface area contributed by atoms with Gasteiger partial charge >= 0.3 is 17.4 Å². The second-order valence-electron chi connectivity index (χ2n) is 0.500. The minimum absolute atomic E-state index is 0. The Hall–Kier alpha value is 0.202. The summed E-state index contributed by atoms with van der Waals surface area (Å²) in [6, 6.07) is 0. The molecule has 0 saturated carbocycles. The van der Waals surface area contributed by atoms with Gasteiger partial charge in [0.25, 0.3) is 0 Å². The molecule has 0 aliphatic heterocycles. The van der Waals surface area contributed by atoms with Gasteiger partial charge in [-0.2, -0.15) is 5.16 Å². The zero-order chi connectivity index (χ0) is 7.21. The van der Waals surface area contributed by atoms with Gasteiger partial charge in [-0.1, -0.05) is 12.2 Å². The molecular weight excluding hydrogens is 206 g/mol. The molecule has 0 rings (SSSR count). The molecule has 8 heteroatoms. The van der Waals surface area contributed by atoms with Crippen molar-refractivity contribution in [2.45, 2.75) is 0 Å². The fourth-order valence-electron chi connectivity index (χ4n) is 0. The summed E-state index contributed by atoms with van der Waals surface area (Å²) in [5.74, 6) is 0. The van der Waals surface area contributed by atoms with E-state index in [0.717, 1.165) is 0 Å². The summed E-state index contributed by atoms with van der Waals surface area (Å²) in [6.45, 7) is 0. The smallest absolute Gasteiger partial charge is 0.759 e. The first kappa shape index (κ1) is 16.1. The van der Waals surface area contributed by atoms with E-state index < -0.39 is 10.4 Å². The van der Waals surface area contributed by atoms with Gasteiger partial charge in [-0.25, -0.2) is 0 Å². The predicted molar refractivity (Wildman–Crippen MR) is 26.4 cm³/mol. The number of rotatable bonds is 0. The molecule has 0 amide bonds. The molecule has 0 unspecified atom stereocenters. The van der Waals surface area contributed by atoms with Gasteiger partial charge in [-0.05, 0) is 0 Å². The summed E-state index contributed by atoms with van der Waals surface area (Å²) in [7, 11) is -5.17. The van der Waals surface area contributed by atoms with Crippen molar-refractivity contribution in [3.05, 3.63) is 5.41 Å². The molecule has 0 spiro atoms. The number of thiocarbonyl (C=S) groups is 1. The number of nitrogens with zero attached hydrogens (tertiary/aromatic N) is 1. The first-order valence-corrected chi connectivity index (χ1v) is 2.84. The van der Waals surface area contributed by atoms with Gasteiger partial charge in [0.05, 0.1) is 0 Å². The molecule has 0 aliphatic carbocycles. The second-order valence-corrected chi connectivity index (χ2v) is 1.50. The van der Waals surface area contributed by atoms with E-state index in [4.69, 9.17) is 22.9 Å². The molecule has 1 radical (unpaired) electrons. The summed E-state index contributed by atoms with van der Waals surface area (Å²) in [6.07, 6.45) is 0. The van der Waals surface area contributed by atoms with Crippen LogP contribution in [0.15, 0.2) is 0 Å². The van der Waals surface area contributed by atoms with Crippen LogP contribution in [0.1, 0.15) is 0 Å². The van der Waals surface area contributed by atoms with Crippen LogP contribution in [0, 0.1) is 0 Å². The van der Waals surface area contributed by atoms with Crippen LogP contribution in [0.4, 0.5) is 0 Å². The summed E-state index contributed by atoms with van der Waals surface area (Å²) in [4.78, 5) is 0. The maximum Gasteiger partial charge on any atom is 3.00 e. The van der Waals surface area contributed by atoms with E-state index in [9.17, 15) is 0 Å². The zero-order valence-corrected chi connectivity index (χ0v) is 6.71. The molecule has 9 heavy (non-hydrogen) atoms. The van der Waals surface area contributed by atoms with E-state index in [1.165, 1.54) is 5.16 Å². The zero-order valence-electron chi connectivity index (χ0n) is 3.80. The van der Waals surface area contributed by atoms with Gasteiger partial charge in [-0.3, -0.25) is 8.42 Å². The van der Waals surface area contributed by atoms with Crippen molar-refractivity contribution >= 4 is 27.8 Å². The Morgan fingerprint density at radius 2 is 1.44 bits per heavy atom. The van der Waals surface area contributed by atoms with Crippen molar-refractivity contribution < 1.29 is 34.9 Å². The molecular formula is CCrNO4S2. The van der Waals surface area contributed by atoms with E-state index in [-0.39, 0.29) is 17.4 Å². The normalized spacial score (nSPS) is 7.33. The molecule has 0 aromatic rings. The Kier molecular flexibility index (Phi) is 14.7. The van der Waals surface area contributed by atoms with Crippen molar-refractivity contribution in [2.24, 2.45) is 0 Å². The number of isothiocyanates is 1. The van der Waals surface area contributed by atoms with Crippen molar-refractivity contribution in [3.8, 4) is 0 Å². The largest absolute Gasteiger partial charge is 3.00 e. The maximum absolute atomic E-state index is 8.52.